The SMILES string of the molecule is CCN1CC2(CCCN(C(=O)OC(C)(C)C)CC2)O[C@H](C)C1=O. The lowest BCUT2D eigenvalue weighted by molar-refractivity contribution is -0.182. The minimum Gasteiger partial charge on any atom is -0.444 e. The lowest BCUT2D eigenvalue weighted by atomic mass is 9.91. The smallest absolute Gasteiger partial charge is 0.410 e. The quantitative estimate of drug-likeness (QED) is 0.742. The molecule has 2 heterocycles. The van der Waals surface area contributed by atoms with Crippen LogP contribution in [0.1, 0.15) is 53.9 Å². The van der Waals surface area contributed by atoms with Crippen molar-refractivity contribution in [1.29, 1.82) is 0 Å². The zero-order chi connectivity index (χ0) is 17.3. The Morgan fingerprint density at radius 3 is 2.65 bits per heavy atom. The van der Waals surface area contributed by atoms with Gasteiger partial charge >= 0.3 is 6.09 Å². The fourth-order valence-electron chi connectivity index (χ4n) is 3.37. The van der Waals surface area contributed by atoms with Crippen LogP contribution in [0.5, 0.6) is 0 Å². The van der Waals surface area contributed by atoms with E-state index in [9.17, 15) is 9.59 Å². The third-order valence-corrected chi connectivity index (χ3v) is 4.50. The third kappa shape index (κ3) is 4.37. The van der Waals surface area contributed by atoms with Crippen molar-refractivity contribution in [2.75, 3.05) is 26.2 Å². The predicted molar refractivity (Wildman–Crippen MR) is 87.2 cm³/mol. The second kappa shape index (κ2) is 6.67. The average molecular weight is 326 g/mol. The molecule has 0 aromatic carbocycles. The van der Waals surface area contributed by atoms with E-state index in [0.717, 1.165) is 19.3 Å². The first-order valence-electron chi connectivity index (χ1n) is 8.60. The molecule has 0 aromatic rings. The summed E-state index contributed by atoms with van der Waals surface area (Å²) in [5, 5.41) is 0. The zero-order valence-electron chi connectivity index (χ0n) is 15.1. The summed E-state index contributed by atoms with van der Waals surface area (Å²) in [5.74, 6) is 0.0615. The van der Waals surface area contributed by atoms with Crippen LogP contribution < -0.4 is 0 Å². The van der Waals surface area contributed by atoms with E-state index in [2.05, 4.69) is 0 Å². The van der Waals surface area contributed by atoms with Crippen molar-refractivity contribution >= 4 is 12.0 Å². The number of carbonyl (C=O) groups excluding carboxylic acids is 2. The molecular weight excluding hydrogens is 296 g/mol. The lowest BCUT2D eigenvalue weighted by Gasteiger charge is -2.44. The van der Waals surface area contributed by atoms with Crippen LogP contribution in [-0.4, -0.2) is 65.3 Å². The van der Waals surface area contributed by atoms with Gasteiger partial charge in [-0.05, 0) is 53.9 Å². The van der Waals surface area contributed by atoms with Crippen LogP contribution >= 0.6 is 0 Å². The summed E-state index contributed by atoms with van der Waals surface area (Å²) in [6.45, 7) is 12.0. The summed E-state index contributed by atoms with van der Waals surface area (Å²) in [7, 11) is 0. The summed E-state index contributed by atoms with van der Waals surface area (Å²) in [5.41, 5.74) is -0.817. The highest BCUT2D eigenvalue weighted by Crippen LogP contribution is 2.33. The van der Waals surface area contributed by atoms with Gasteiger partial charge in [-0.2, -0.15) is 0 Å². The Morgan fingerprint density at radius 1 is 1.35 bits per heavy atom. The summed E-state index contributed by atoms with van der Waals surface area (Å²) >= 11 is 0. The van der Waals surface area contributed by atoms with Crippen molar-refractivity contribution in [3.05, 3.63) is 0 Å². The monoisotopic (exact) mass is 326 g/mol. The Morgan fingerprint density at radius 2 is 2.04 bits per heavy atom. The molecule has 2 aliphatic heterocycles. The van der Waals surface area contributed by atoms with Crippen molar-refractivity contribution in [3.63, 3.8) is 0 Å². The van der Waals surface area contributed by atoms with Gasteiger partial charge in [-0.1, -0.05) is 0 Å². The van der Waals surface area contributed by atoms with E-state index in [1.165, 1.54) is 0 Å². The third-order valence-electron chi connectivity index (χ3n) is 4.50. The highest BCUT2D eigenvalue weighted by molar-refractivity contribution is 5.81. The number of likely N-dealkylation sites (N-methyl/N-ethyl adjacent to an activating group) is 1. The van der Waals surface area contributed by atoms with E-state index in [-0.39, 0.29) is 17.6 Å². The Bertz CT molecular complexity index is 460. The number of likely N-dealkylation sites (tertiary alicyclic amines) is 1. The number of carbonyl (C=O) groups is 2. The topological polar surface area (TPSA) is 59.1 Å². The molecule has 2 aliphatic rings. The van der Waals surface area contributed by atoms with E-state index in [0.29, 0.717) is 26.2 Å². The van der Waals surface area contributed by atoms with Gasteiger partial charge in [0.25, 0.3) is 5.91 Å². The van der Waals surface area contributed by atoms with Crippen LogP contribution in [0, 0.1) is 0 Å². The van der Waals surface area contributed by atoms with Crippen molar-refractivity contribution in [2.45, 2.75) is 71.2 Å². The first-order chi connectivity index (χ1) is 10.7. The summed E-state index contributed by atoms with van der Waals surface area (Å²) < 4.78 is 11.6. The normalized spacial score (nSPS) is 29.6. The molecule has 0 radical (unpaired) electrons. The molecular formula is C17H30N2O4. The largest absolute Gasteiger partial charge is 0.444 e. The molecule has 6 nitrogen and oxygen atoms in total. The number of rotatable bonds is 1. The Kier molecular flexibility index (Phi) is 5.23. The van der Waals surface area contributed by atoms with Crippen LogP contribution in [-0.2, 0) is 14.3 Å². The van der Waals surface area contributed by atoms with Crippen molar-refractivity contribution in [1.82, 2.24) is 9.80 Å². The molecule has 6 heteroatoms. The fraction of sp³-hybridized carbons (Fsp3) is 0.882. The molecule has 0 aliphatic carbocycles. The molecule has 0 aromatic heterocycles. The molecule has 1 spiro atoms. The maximum Gasteiger partial charge on any atom is 0.410 e. The number of nitrogens with zero attached hydrogens (tertiary/aromatic N) is 2. The van der Waals surface area contributed by atoms with Gasteiger partial charge in [0.05, 0.1) is 5.60 Å². The number of hydrogen-bond acceptors (Lipinski definition) is 4. The molecule has 2 saturated heterocycles. The van der Waals surface area contributed by atoms with Crippen LogP contribution in [0.3, 0.4) is 0 Å². The van der Waals surface area contributed by atoms with Gasteiger partial charge < -0.3 is 19.3 Å². The van der Waals surface area contributed by atoms with Gasteiger partial charge in [-0.3, -0.25) is 4.79 Å². The van der Waals surface area contributed by atoms with Gasteiger partial charge in [0, 0.05) is 26.2 Å². The second-order valence-corrected chi connectivity index (χ2v) is 7.62. The second-order valence-electron chi connectivity index (χ2n) is 7.62. The molecule has 2 fully saturated rings. The van der Waals surface area contributed by atoms with E-state index in [4.69, 9.17) is 9.47 Å². The van der Waals surface area contributed by atoms with Crippen molar-refractivity contribution in [2.24, 2.45) is 0 Å². The average Bonchev–Trinajstić information content (AvgIpc) is 2.64. The lowest BCUT2D eigenvalue weighted by Crippen LogP contribution is -2.58. The molecule has 23 heavy (non-hydrogen) atoms. The van der Waals surface area contributed by atoms with Crippen LogP contribution in [0.4, 0.5) is 4.79 Å². The first kappa shape index (κ1) is 18.0. The maximum absolute atomic E-state index is 12.3. The highest BCUT2D eigenvalue weighted by atomic mass is 16.6. The van der Waals surface area contributed by atoms with E-state index >= 15 is 0 Å². The fourth-order valence-corrected chi connectivity index (χ4v) is 3.37. The Balaban J connectivity index is 2.03. The van der Waals surface area contributed by atoms with E-state index in [1.54, 1.807) is 4.90 Å². The molecule has 132 valence electrons. The Labute approximate surface area is 139 Å². The minimum absolute atomic E-state index is 0.0615. The predicted octanol–water partition coefficient (Wildman–Crippen LogP) is 2.41. The molecule has 0 saturated carbocycles. The maximum atomic E-state index is 12.3. The van der Waals surface area contributed by atoms with E-state index < -0.39 is 11.7 Å². The number of morpholine rings is 1. The molecule has 2 rings (SSSR count). The van der Waals surface area contributed by atoms with Crippen LogP contribution in [0.15, 0.2) is 0 Å². The summed E-state index contributed by atoms with van der Waals surface area (Å²) in [4.78, 5) is 28.0. The van der Waals surface area contributed by atoms with E-state index in [1.807, 2.05) is 39.5 Å². The molecule has 2 atom stereocenters. The van der Waals surface area contributed by atoms with Gasteiger partial charge in [-0.25, -0.2) is 4.79 Å². The summed E-state index contributed by atoms with van der Waals surface area (Å²) in [6.07, 6.45) is 1.79. The Hall–Kier alpha value is -1.30. The van der Waals surface area contributed by atoms with Crippen LogP contribution in [0.25, 0.3) is 0 Å². The number of hydrogen-bond donors (Lipinski definition) is 0. The first-order valence-corrected chi connectivity index (χ1v) is 8.60. The molecule has 2 amide bonds. The molecule has 1 unspecified atom stereocenters. The van der Waals surface area contributed by atoms with Gasteiger partial charge in [0.15, 0.2) is 0 Å². The zero-order valence-corrected chi connectivity index (χ0v) is 15.1. The van der Waals surface area contributed by atoms with Gasteiger partial charge in [0.2, 0.25) is 0 Å². The standard InChI is InChI=1S/C17H30N2O4/c1-6-18-12-17(22-13(2)14(18)20)8-7-10-19(11-9-17)15(21)23-16(3,4)5/h13H,6-12H2,1-5H3/t13-,17?/m1/s1. The van der Waals surface area contributed by atoms with Crippen LogP contribution in [0.2, 0.25) is 0 Å². The summed E-state index contributed by atoms with van der Waals surface area (Å²) in [6, 6.07) is 0. The molecule has 0 N–H and O–H groups in total. The van der Waals surface area contributed by atoms with Crippen molar-refractivity contribution in [3.8, 4) is 0 Å². The number of ether oxygens (including phenoxy) is 2. The highest BCUT2D eigenvalue weighted by Gasteiger charge is 2.44. The minimum atomic E-state index is -0.484. The van der Waals surface area contributed by atoms with Crippen molar-refractivity contribution < 1.29 is 19.1 Å². The van der Waals surface area contributed by atoms with Gasteiger partial charge in [0.1, 0.15) is 11.7 Å². The molecule has 0 bridgehead atoms. The van der Waals surface area contributed by atoms with Gasteiger partial charge in [-0.15, -0.1) is 0 Å². The number of amides is 2.